The highest BCUT2D eigenvalue weighted by Crippen LogP contribution is 2.39. The van der Waals surface area contributed by atoms with Crippen LogP contribution in [-0.2, 0) is 57.0 Å². The third-order valence-electron chi connectivity index (χ3n) is 12.1. The molecule has 5 aliphatic heterocycles. The topological polar surface area (TPSA) is 502 Å². The van der Waals surface area contributed by atoms with Gasteiger partial charge in [0.2, 0.25) is 11.8 Å². The summed E-state index contributed by atoms with van der Waals surface area (Å²) in [5, 5.41) is 185. The highest BCUT2D eigenvalue weighted by Gasteiger charge is 2.61. The molecule has 0 radical (unpaired) electrons. The summed E-state index contributed by atoms with van der Waals surface area (Å²) in [6.45, 7) is -3.28. The molecule has 394 valence electrons. The van der Waals surface area contributed by atoms with Crippen molar-refractivity contribution in [2.75, 3.05) is 33.0 Å². The Morgan fingerprint density at radius 2 is 1.03 bits per heavy atom. The second-order valence-electron chi connectivity index (χ2n) is 16.8. The molecule has 0 unspecified atom stereocenters. The number of carbonyl (C=O) groups excluding carboxylic acids is 2. The van der Waals surface area contributed by atoms with Gasteiger partial charge in [-0.1, -0.05) is 0 Å². The first-order valence-electron chi connectivity index (χ1n) is 21.2. The second-order valence-corrected chi connectivity index (χ2v) is 16.8. The molecule has 0 spiro atoms. The summed E-state index contributed by atoms with van der Waals surface area (Å²) in [4.78, 5) is 37.7. The Morgan fingerprint density at radius 3 is 1.53 bits per heavy atom. The number of carboxylic acid groups (broad SMARTS) is 1. The van der Waals surface area contributed by atoms with Crippen molar-refractivity contribution in [3.05, 3.63) is 0 Å². The summed E-state index contributed by atoms with van der Waals surface area (Å²) in [5.41, 5.74) is 0. The molecule has 5 rings (SSSR count). The van der Waals surface area contributed by atoms with Gasteiger partial charge in [-0.05, 0) is 0 Å². The van der Waals surface area contributed by atoms with Crippen LogP contribution in [0.3, 0.4) is 0 Å². The number of hydrogen-bond donors (Lipinski definition) is 19. The fourth-order valence-electron chi connectivity index (χ4n) is 8.53. The van der Waals surface area contributed by atoms with Crippen molar-refractivity contribution in [2.24, 2.45) is 0 Å². The van der Waals surface area contributed by atoms with Crippen molar-refractivity contribution in [2.45, 2.75) is 179 Å². The standard InChI is InChI=1S/C37H62N2O29/c1-9(45)38-17-11(47)3-37(36(58)59,67-29(17)19(49)12(48)4-40)68-31-22(52)15(7-43)63-35(26(31)56)65-28-18(39-10(2)46)33(61-13(5-41)20(28)50)66-30-21(51)14(6-42)62-34(25(30)55)64-27-16(8-44)60-32(57)24(54)23(27)53/h11-35,40-44,47-57H,3-8H2,1-2H3,(H,38,45)(H,39,46)(H,58,59)/t11-,12+,13+,14+,15+,16+,17+,18+,19+,20+,21-,22-,23-,24+,25+,26+,27+,28+,29+,30-,31-,32-,33-,34-,35-,37-/m0/s1. The Labute approximate surface area is 384 Å². The molecule has 5 fully saturated rings. The lowest BCUT2D eigenvalue weighted by Crippen LogP contribution is -2.71. The summed E-state index contributed by atoms with van der Waals surface area (Å²) >= 11 is 0. The Kier molecular flexibility index (Phi) is 19.7. The summed E-state index contributed by atoms with van der Waals surface area (Å²) < 4.78 is 50.7. The summed E-state index contributed by atoms with van der Waals surface area (Å²) in [7, 11) is 0. The van der Waals surface area contributed by atoms with Gasteiger partial charge in [0.15, 0.2) is 25.2 Å². The van der Waals surface area contributed by atoms with Crippen molar-refractivity contribution in [1.29, 1.82) is 0 Å². The van der Waals surface area contributed by atoms with Crippen LogP contribution >= 0.6 is 0 Å². The third kappa shape index (κ3) is 11.8. The molecule has 68 heavy (non-hydrogen) atoms. The van der Waals surface area contributed by atoms with Crippen molar-refractivity contribution in [1.82, 2.24) is 10.6 Å². The van der Waals surface area contributed by atoms with E-state index in [0.29, 0.717) is 0 Å². The zero-order chi connectivity index (χ0) is 50.7. The van der Waals surface area contributed by atoms with Crippen LogP contribution in [0.15, 0.2) is 0 Å². The van der Waals surface area contributed by atoms with E-state index in [4.69, 9.17) is 42.6 Å². The maximum Gasteiger partial charge on any atom is 0.364 e. The molecule has 5 heterocycles. The Balaban J connectivity index is 1.45. The predicted molar refractivity (Wildman–Crippen MR) is 207 cm³/mol. The summed E-state index contributed by atoms with van der Waals surface area (Å²) in [6, 6.07) is -3.51. The van der Waals surface area contributed by atoms with Crippen LogP contribution in [0.5, 0.6) is 0 Å². The molecule has 2 amide bonds. The van der Waals surface area contributed by atoms with Gasteiger partial charge in [-0.3, -0.25) is 9.59 Å². The Morgan fingerprint density at radius 1 is 0.574 bits per heavy atom. The zero-order valence-corrected chi connectivity index (χ0v) is 36.2. The van der Waals surface area contributed by atoms with E-state index < -0.39 is 216 Å². The van der Waals surface area contributed by atoms with Gasteiger partial charge in [-0.2, -0.15) is 0 Å². The highest BCUT2D eigenvalue weighted by molar-refractivity contribution is 5.76. The quantitative estimate of drug-likeness (QED) is 0.0606. The molecule has 0 aromatic carbocycles. The number of hydrogen-bond acceptors (Lipinski definition) is 28. The average Bonchev–Trinajstić information content (AvgIpc) is 3.29. The van der Waals surface area contributed by atoms with E-state index in [-0.39, 0.29) is 0 Å². The maximum absolute atomic E-state index is 13.0. The van der Waals surface area contributed by atoms with E-state index in [1.165, 1.54) is 0 Å². The number of rotatable bonds is 18. The van der Waals surface area contributed by atoms with Crippen LogP contribution in [-0.4, -0.2) is 297 Å². The van der Waals surface area contributed by atoms with E-state index >= 15 is 0 Å². The summed E-state index contributed by atoms with van der Waals surface area (Å²) in [5.74, 6) is -6.99. The lowest BCUT2D eigenvalue weighted by atomic mass is 9.88. The average molecular weight is 999 g/mol. The minimum absolute atomic E-state index is 0.818. The first kappa shape index (κ1) is 56.3. The highest BCUT2D eigenvalue weighted by atomic mass is 16.8. The molecule has 5 saturated heterocycles. The van der Waals surface area contributed by atoms with E-state index in [0.717, 1.165) is 13.8 Å². The maximum atomic E-state index is 13.0. The largest absolute Gasteiger partial charge is 0.477 e. The lowest BCUT2D eigenvalue weighted by molar-refractivity contribution is -0.389. The molecule has 31 heteroatoms. The van der Waals surface area contributed by atoms with Crippen LogP contribution < -0.4 is 10.6 Å². The Hall–Kier alpha value is -2.59. The number of aliphatic carboxylic acids is 1. The molecule has 26 atom stereocenters. The smallest absolute Gasteiger partial charge is 0.364 e. The number of nitrogens with one attached hydrogen (secondary N) is 2. The lowest BCUT2D eigenvalue weighted by Gasteiger charge is -2.51. The van der Waals surface area contributed by atoms with Crippen molar-refractivity contribution in [3.8, 4) is 0 Å². The molecule has 0 aliphatic carbocycles. The molecule has 5 aliphatic rings. The van der Waals surface area contributed by atoms with Crippen LogP contribution in [0.4, 0.5) is 0 Å². The molecule has 31 nitrogen and oxygen atoms in total. The molecule has 0 bridgehead atoms. The molecular weight excluding hydrogens is 936 g/mol. The van der Waals surface area contributed by atoms with Crippen LogP contribution in [0.1, 0.15) is 20.3 Å². The number of aliphatic hydroxyl groups excluding tert-OH is 16. The van der Waals surface area contributed by atoms with Crippen LogP contribution in [0.25, 0.3) is 0 Å². The fourth-order valence-corrected chi connectivity index (χ4v) is 8.53. The normalized spacial score (nSPS) is 46.6. The SMILES string of the molecule is CC(=O)N[C@H]1[C@H](O[C@H]2[C@@H](O)[C@@H](CO)O[C@@H](O[C@H]3[C@@H](O)[C@@H](O)[C@@H](O)O[C@@H]3CO)[C@@H]2O)O[C@H](CO)[C@@H](O)[C@@H]1O[C@@H]1O[C@H](CO)[C@H](O)[C@H](O[C@]2(C(=O)O)C[C@H](O)[C@@H](NC(C)=O)[C@H]([C@H](O)[C@H](O)CO)O2)[C@H]1O. The van der Waals surface area contributed by atoms with Crippen molar-refractivity contribution < 1.29 is 144 Å². The minimum atomic E-state index is -3.19. The fraction of sp³-hybridized carbons (Fsp3) is 0.919. The monoisotopic (exact) mass is 998 g/mol. The van der Waals surface area contributed by atoms with Crippen LogP contribution in [0.2, 0.25) is 0 Å². The number of ether oxygens (including phenoxy) is 9. The second kappa shape index (κ2) is 23.8. The minimum Gasteiger partial charge on any atom is -0.477 e. The van der Waals surface area contributed by atoms with E-state index in [1.54, 1.807) is 0 Å². The van der Waals surface area contributed by atoms with E-state index in [1.807, 2.05) is 0 Å². The first-order chi connectivity index (χ1) is 32.0. The third-order valence-corrected chi connectivity index (χ3v) is 12.1. The number of amides is 2. The number of carboxylic acids is 1. The Bertz CT molecular complexity index is 1660. The predicted octanol–water partition coefficient (Wildman–Crippen LogP) is -12.4. The van der Waals surface area contributed by atoms with Gasteiger partial charge in [-0.25, -0.2) is 4.79 Å². The van der Waals surface area contributed by atoms with Crippen molar-refractivity contribution in [3.63, 3.8) is 0 Å². The molecular formula is C37H62N2O29. The number of aliphatic hydroxyl groups is 16. The molecule has 19 N–H and O–H groups in total. The van der Waals surface area contributed by atoms with Crippen LogP contribution in [0, 0.1) is 0 Å². The van der Waals surface area contributed by atoms with Gasteiger partial charge in [-0.15, -0.1) is 0 Å². The van der Waals surface area contributed by atoms with Gasteiger partial charge in [0.25, 0.3) is 5.79 Å². The molecule has 0 aromatic heterocycles. The van der Waals surface area contributed by atoms with E-state index in [9.17, 15) is 101 Å². The first-order valence-corrected chi connectivity index (χ1v) is 21.2. The van der Waals surface area contributed by atoms with Gasteiger partial charge >= 0.3 is 5.97 Å². The molecule has 0 saturated carbocycles. The van der Waals surface area contributed by atoms with Gasteiger partial charge in [0, 0.05) is 20.3 Å². The van der Waals surface area contributed by atoms with Crippen molar-refractivity contribution >= 4 is 17.8 Å². The zero-order valence-electron chi connectivity index (χ0n) is 36.2. The molecule has 0 aromatic rings. The van der Waals surface area contributed by atoms with E-state index in [2.05, 4.69) is 10.6 Å². The van der Waals surface area contributed by atoms with Gasteiger partial charge < -0.3 is 140 Å². The number of carbonyl (C=O) groups is 3. The van der Waals surface area contributed by atoms with Gasteiger partial charge in [0.05, 0.1) is 45.2 Å². The van der Waals surface area contributed by atoms with Gasteiger partial charge in [0.1, 0.15) is 116 Å². The summed E-state index contributed by atoms with van der Waals surface area (Å²) in [6.07, 6.45) is -47.6.